The van der Waals surface area contributed by atoms with Crippen LogP contribution in [0.3, 0.4) is 0 Å². The molecular formula is C8H5Cl2FO2. The normalized spacial score (nSPS) is 9.85. The van der Waals surface area contributed by atoms with Crippen molar-refractivity contribution in [1.29, 1.82) is 0 Å². The molecule has 0 aliphatic heterocycles. The second kappa shape index (κ2) is 3.94. The summed E-state index contributed by atoms with van der Waals surface area (Å²) in [6.07, 6.45) is 0.316. The van der Waals surface area contributed by atoms with Gasteiger partial charge in [0.05, 0.1) is 22.7 Å². The number of hydrogen-bond donors (Lipinski definition) is 0. The number of carbonyl (C=O) groups is 1. The lowest BCUT2D eigenvalue weighted by atomic mass is 10.2. The van der Waals surface area contributed by atoms with Crippen LogP contribution in [0, 0.1) is 5.82 Å². The summed E-state index contributed by atoms with van der Waals surface area (Å²) in [5.41, 5.74) is -0.247. The first-order chi connectivity index (χ1) is 6.11. The van der Waals surface area contributed by atoms with E-state index < -0.39 is 5.82 Å². The fourth-order valence-electron chi connectivity index (χ4n) is 0.882. The summed E-state index contributed by atoms with van der Waals surface area (Å²) in [6.45, 7) is 0. The Bertz CT molecular complexity index is 352. The first-order valence-corrected chi connectivity index (χ1v) is 4.04. The van der Waals surface area contributed by atoms with Crippen LogP contribution < -0.4 is 4.74 Å². The van der Waals surface area contributed by atoms with E-state index in [2.05, 4.69) is 4.74 Å². The van der Waals surface area contributed by atoms with Crippen LogP contribution in [0.1, 0.15) is 10.4 Å². The molecule has 5 heteroatoms. The Labute approximate surface area is 84.2 Å². The second-order valence-electron chi connectivity index (χ2n) is 2.22. The maximum atomic E-state index is 13.3. The maximum absolute atomic E-state index is 13.3. The van der Waals surface area contributed by atoms with Gasteiger partial charge < -0.3 is 4.74 Å². The van der Waals surface area contributed by atoms with Crippen LogP contribution in [0.4, 0.5) is 4.39 Å². The van der Waals surface area contributed by atoms with Gasteiger partial charge in [0.25, 0.3) is 0 Å². The van der Waals surface area contributed by atoms with Gasteiger partial charge in [-0.15, -0.1) is 0 Å². The van der Waals surface area contributed by atoms with Crippen LogP contribution in [-0.4, -0.2) is 13.4 Å². The summed E-state index contributed by atoms with van der Waals surface area (Å²) >= 11 is 11.2. The molecule has 0 atom stereocenters. The van der Waals surface area contributed by atoms with E-state index in [-0.39, 0.29) is 21.4 Å². The summed E-state index contributed by atoms with van der Waals surface area (Å²) < 4.78 is 17.9. The van der Waals surface area contributed by atoms with Crippen LogP contribution in [-0.2, 0) is 0 Å². The molecule has 1 aromatic carbocycles. The van der Waals surface area contributed by atoms with Gasteiger partial charge in [-0.25, -0.2) is 4.39 Å². The van der Waals surface area contributed by atoms with Gasteiger partial charge in [0.15, 0.2) is 17.9 Å². The monoisotopic (exact) mass is 222 g/mol. The molecule has 0 unspecified atom stereocenters. The van der Waals surface area contributed by atoms with Crippen molar-refractivity contribution >= 4 is 29.5 Å². The van der Waals surface area contributed by atoms with Crippen molar-refractivity contribution in [2.45, 2.75) is 0 Å². The minimum absolute atomic E-state index is 0.0294. The Morgan fingerprint density at radius 3 is 2.54 bits per heavy atom. The molecule has 0 N–H and O–H groups in total. The lowest BCUT2D eigenvalue weighted by Gasteiger charge is -2.06. The Morgan fingerprint density at radius 1 is 1.46 bits per heavy atom. The Morgan fingerprint density at radius 2 is 2.08 bits per heavy atom. The minimum atomic E-state index is -0.838. The van der Waals surface area contributed by atoms with E-state index in [0.717, 1.165) is 0 Å². The Kier molecular flexibility index (Phi) is 3.12. The number of benzene rings is 1. The molecular weight excluding hydrogens is 218 g/mol. The van der Waals surface area contributed by atoms with Gasteiger partial charge in [-0.05, 0) is 6.07 Å². The average molecular weight is 223 g/mol. The molecule has 2 nitrogen and oxygen atoms in total. The fraction of sp³-hybridized carbons (Fsp3) is 0.125. The number of rotatable bonds is 2. The highest BCUT2D eigenvalue weighted by molar-refractivity contribution is 6.37. The maximum Gasteiger partial charge on any atom is 0.178 e. The molecule has 1 rings (SSSR count). The average Bonchev–Trinajstić information content (AvgIpc) is 2.04. The highest BCUT2D eigenvalue weighted by atomic mass is 35.5. The molecule has 13 heavy (non-hydrogen) atoms. The number of aldehydes is 1. The third-order valence-corrected chi connectivity index (χ3v) is 2.08. The second-order valence-corrected chi connectivity index (χ2v) is 3.03. The van der Waals surface area contributed by atoms with Crippen LogP contribution in [0.5, 0.6) is 5.75 Å². The summed E-state index contributed by atoms with van der Waals surface area (Å²) in [4.78, 5) is 10.4. The van der Waals surface area contributed by atoms with Gasteiger partial charge in [-0.3, -0.25) is 4.79 Å². The molecule has 70 valence electrons. The van der Waals surface area contributed by atoms with Crippen molar-refractivity contribution < 1.29 is 13.9 Å². The summed E-state index contributed by atoms with van der Waals surface area (Å²) in [7, 11) is 1.26. The topological polar surface area (TPSA) is 26.3 Å². The summed E-state index contributed by atoms with van der Waals surface area (Å²) in [5.74, 6) is -1.01. The molecule has 0 saturated carbocycles. The number of ether oxygens (including phenoxy) is 1. The molecule has 0 saturated heterocycles. The van der Waals surface area contributed by atoms with E-state index in [9.17, 15) is 9.18 Å². The standard InChI is InChI=1S/C8H5Cl2FO2/c1-13-8-6(10)2-5(9)4(3-12)7(8)11/h2-3H,1H3. The SMILES string of the molecule is COc1c(Cl)cc(Cl)c(C=O)c1F. The van der Waals surface area contributed by atoms with E-state index >= 15 is 0 Å². The third kappa shape index (κ3) is 1.76. The Hall–Kier alpha value is -0.800. The Balaban J connectivity index is 3.47. The lowest BCUT2D eigenvalue weighted by Crippen LogP contribution is -1.95. The van der Waals surface area contributed by atoms with E-state index in [4.69, 9.17) is 23.2 Å². The smallest absolute Gasteiger partial charge is 0.178 e. The molecule has 0 aromatic heterocycles. The zero-order valence-electron chi connectivity index (χ0n) is 6.61. The quantitative estimate of drug-likeness (QED) is 0.720. The highest BCUT2D eigenvalue weighted by Gasteiger charge is 2.16. The van der Waals surface area contributed by atoms with Crippen LogP contribution in [0.2, 0.25) is 10.0 Å². The molecule has 0 radical (unpaired) electrons. The number of methoxy groups -OCH3 is 1. The molecule has 0 heterocycles. The van der Waals surface area contributed by atoms with Crippen molar-refractivity contribution in [2.24, 2.45) is 0 Å². The number of carbonyl (C=O) groups excluding carboxylic acids is 1. The first-order valence-electron chi connectivity index (χ1n) is 3.28. The highest BCUT2D eigenvalue weighted by Crippen LogP contribution is 2.33. The van der Waals surface area contributed by atoms with E-state index in [1.54, 1.807) is 0 Å². The van der Waals surface area contributed by atoms with E-state index in [1.165, 1.54) is 13.2 Å². The van der Waals surface area contributed by atoms with Crippen molar-refractivity contribution in [1.82, 2.24) is 0 Å². The summed E-state index contributed by atoms with van der Waals surface area (Å²) in [5, 5.41) is 0.00824. The van der Waals surface area contributed by atoms with Crippen molar-refractivity contribution in [3.8, 4) is 5.75 Å². The molecule has 0 amide bonds. The van der Waals surface area contributed by atoms with E-state index in [1.807, 2.05) is 0 Å². The van der Waals surface area contributed by atoms with Gasteiger partial charge in [0.1, 0.15) is 0 Å². The lowest BCUT2D eigenvalue weighted by molar-refractivity contribution is 0.111. The molecule has 0 aliphatic rings. The molecule has 0 fully saturated rings. The molecule has 1 aromatic rings. The van der Waals surface area contributed by atoms with Gasteiger partial charge in [0, 0.05) is 0 Å². The van der Waals surface area contributed by atoms with Crippen LogP contribution >= 0.6 is 23.2 Å². The predicted molar refractivity (Wildman–Crippen MR) is 48.4 cm³/mol. The van der Waals surface area contributed by atoms with Crippen molar-refractivity contribution in [2.75, 3.05) is 7.11 Å². The van der Waals surface area contributed by atoms with Crippen LogP contribution in [0.25, 0.3) is 0 Å². The summed E-state index contributed by atoms with van der Waals surface area (Å²) in [6, 6.07) is 1.26. The van der Waals surface area contributed by atoms with Gasteiger partial charge >= 0.3 is 0 Å². The van der Waals surface area contributed by atoms with Gasteiger partial charge in [-0.1, -0.05) is 23.2 Å². The van der Waals surface area contributed by atoms with Crippen LogP contribution in [0.15, 0.2) is 6.07 Å². The number of hydrogen-bond acceptors (Lipinski definition) is 2. The van der Waals surface area contributed by atoms with Gasteiger partial charge in [0.2, 0.25) is 0 Å². The fourth-order valence-corrected chi connectivity index (χ4v) is 1.44. The zero-order valence-corrected chi connectivity index (χ0v) is 8.12. The predicted octanol–water partition coefficient (Wildman–Crippen LogP) is 2.95. The molecule has 0 aliphatic carbocycles. The van der Waals surface area contributed by atoms with E-state index in [0.29, 0.717) is 6.29 Å². The first kappa shape index (κ1) is 10.3. The van der Waals surface area contributed by atoms with Gasteiger partial charge in [-0.2, -0.15) is 0 Å². The number of halogens is 3. The zero-order chi connectivity index (χ0) is 10.0. The molecule has 0 bridgehead atoms. The third-order valence-electron chi connectivity index (χ3n) is 1.49. The van der Waals surface area contributed by atoms with Crippen molar-refractivity contribution in [3.05, 3.63) is 27.5 Å². The largest absolute Gasteiger partial charge is 0.492 e. The van der Waals surface area contributed by atoms with Crippen molar-refractivity contribution in [3.63, 3.8) is 0 Å². The minimum Gasteiger partial charge on any atom is -0.492 e. The molecule has 0 spiro atoms.